The Morgan fingerprint density at radius 1 is 1.26 bits per heavy atom. The van der Waals surface area contributed by atoms with E-state index < -0.39 is 0 Å². The summed E-state index contributed by atoms with van der Waals surface area (Å²) in [4.78, 5) is 38.8. The number of benzene rings is 1. The van der Waals surface area contributed by atoms with Gasteiger partial charge in [-0.2, -0.15) is 4.98 Å². The van der Waals surface area contributed by atoms with Crippen LogP contribution in [0.3, 0.4) is 0 Å². The standard InChI is InChI=1S/C26H30Cl2N6O4/c1-7-20(35)33-12-16(13-33)32(4)14(2)11-34-24-15(10-30-26(29-3)31-24)8-17(25(34)36)21-22(27)18(37-5)9-19(38-6)23(21)28/h7-10,14,16H,1,11-13H2,2-6H3,(H,29,30,31). The summed E-state index contributed by atoms with van der Waals surface area (Å²) in [6.07, 6.45) is 2.96. The van der Waals surface area contributed by atoms with Crippen LogP contribution in [0.4, 0.5) is 5.95 Å². The smallest absolute Gasteiger partial charge is 0.260 e. The summed E-state index contributed by atoms with van der Waals surface area (Å²) >= 11 is 13.3. The molecule has 1 amide bonds. The van der Waals surface area contributed by atoms with Crippen molar-refractivity contribution in [2.24, 2.45) is 0 Å². The van der Waals surface area contributed by atoms with Gasteiger partial charge in [-0.05, 0) is 26.1 Å². The van der Waals surface area contributed by atoms with Gasteiger partial charge in [0.2, 0.25) is 11.9 Å². The van der Waals surface area contributed by atoms with Crippen LogP contribution >= 0.6 is 23.2 Å². The summed E-state index contributed by atoms with van der Waals surface area (Å²) in [6.45, 7) is 7.10. The molecule has 3 aromatic rings. The van der Waals surface area contributed by atoms with Crippen LogP contribution in [0, 0.1) is 0 Å². The highest BCUT2D eigenvalue weighted by molar-refractivity contribution is 6.41. The van der Waals surface area contributed by atoms with Gasteiger partial charge in [0.05, 0.1) is 29.8 Å². The zero-order valence-corrected chi connectivity index (χ0v) is 23.4. The van der Waals surface area contributed by atoms with Gasteiger partial charge in [-0.15, -0.1) is 0 Å². The molecule has 12 heteroatoms. The van der Waals surface area contributed by atoms with E-state index in [1.165, 1.54) is 20.3 Å². The fraction of sp³-hybridized carbons (Fsp3) is 0.385. The first-order valence-electron chi connectivity index (χ1n) is 12.0. The molecule has 1 aliphatic heterocycles. The zero-order chi connectivity index (χ0) is 27.7. The molecule has 38 heavy (non-hydrogen) atoms. The summed E-state index contributed by atoms with van der Waals surface area (Å²) in [6, 6.07) is 3.34. The van der Waals surface area contributed by atoms with E-state index >= 15 is 0 Å². The van der Waals surface area contributed by atoms with E-state index in [4.69, 9.17) is 32.7 Å². The molecule has 1 unspecified atom stereocenters. The highest BCUT2D eigenvalue weighted by Gasteiger charge is 2.34. The lowest BCUT2D eigenvalue weighted by molar-refractivity contribution is -0.133. The van der Waals surface area contributed by atoms with Crippen molar-refractivity contribution in [3.05, 3.63) is 51.4 Å². The molecule has 1 fully saturated rings. The van der Waals surface area contributed by atoms with Gasteiger partial charge in [0.15, 0.2) is 0 Å². The van der Waals surface area contributed by atoms with Crippen LogP contribution in [0.25, 0.3) is 22.2 Å². The average molecular weight is 561 g/mol. The van der Waals surface area contributed by atoms with Crippen molar-refractivity contribution in [3.63, 3.8) is 0 Å². The number of fused-ring (bicyclic) bond motifs is 1. The predicted octanol–water partition coefficient (Wildman–Crippen LogP) is 3.54. The lowest BCUT2D eigenvalue weighted by atomic mass is 10.0. The molecule has 10 nitrogen and oxygen atoms in total. The molecule has 0 bridgehead atoms. The first-order chi connectivity index (χ1) is 18.1. The maximum absolute atomic E-state index is 14.1. The van der Waals surface area contributed by atoms with Crippen molar-refractivity contribution in [3.8, 4) is 22.6 Å². The largest absolute Gasteiger partial charge is 0.495 e. The number of carbonyl (C=O) groups excluding carboxylic acids is 1. The van der Waals surface area contributed by atoms with Crippen LogP contribution in [-0.2, 0) is 11.3 Å². The van der Waals surface area contributed by atoms with Crippen molar-refractivity contribution >= 4 is 46.1 Å². The maximum atomic E-state index is 14.1. The number of methoxy groups -OCH3 is 2. The number of aromatic nitrogens is 3. The lowest BCUT2D eigenvalue weighted by Crippen LogP contribution is -2.61. The van der Waals surface area contributed by atoms with Crippen LogP contribution in [0.5, 0.6) is 11.5 Å². The number of hydrogen-bond donors (Lipinski definition) is 1. The van der Waals surface area contributed by atoms with Crippen LogP contribution in [-0.4, -0.2) is 83.7 Å². The first-order valence-corrected chi connectivity index (χ1v) is 12.7. The molecule has 0 radical (unpaired) electrons. The average Bonchev–Trinajstić information content (AvgIpc) is 2.89. The van der Waals surface area contributed by atoms with Crippen molar-refractivity contribution < 1.29 is 14.3 Å². The van der Waals surface area contributed by atoms with Gasteiger partial charge < -0.3 is 19.7 Å². The van der Waals surface area contributed by atoms with Crippen LogP contribution in [0.15, 0.2) is 35.8 Å². The number of ether oxygens (including phenoxy) is 2. The molecular weight excluding hydrogens is 531 g/mol. The number of nitrogens with one attached hydrogen (secondary N) is 1. The number of pyridine rings is 1. The minimum absolute atomic E-state index is 0.0732. The quantitative estimate of drug-likeness (QED) is 0.396. The van der Waals surface area contributed by atoms with Crippen LogP contribution in [0.1, 0.15) is 6.92 Å². The van der Waals surface area contributed by atoms with Crippen LogP contribution < -0.4 is 20.3 Å². The molecule has 0 spiro atoms. The highest BCUT2D eigenvalue weighted by atomic mass is 35.5. The predicted molar refractivity (Wildman–Crippen MR) is 150 cm³/mol. The van der Waals surface area contributed by atoms with E-state index in [0.29, 0.717) is 53.7 Å². The van der Waals surface area contributed by atoms with Crippen molar-refractivity contribution in [2.45, 2.75) is 25.6 Å². The molecule has 1 saturated heterocycles. The third-order valence-corrected chi connectivity index (χ3v) is 7.71. The maximum Gasteiger partial charge on any atom is 0.260 e. The monoisotopic (exact) mass is 560 g/mol. The summed E-state index contributed by atoms with van der Waals surface area (Å²) in [5.41, 5.74) is 0.723. The van der Waals surface area contributed by atoms with E-state index in [1.54, 1.807) is 34.8 Å². The lowest BCUT2D eigenvalue weighted by Gasteiger charge is -2.45. The molecule has 1 atom stereocenters. The Morgan fingerprint density at radius 3 is 2.45 bits per heavy atom. The topological polar surface area (TPSA) is 102 Å². The molecule has 1 aliphatic rings. The Morgan fingerprint density at radius 2 is 1.89 bits per heavy atom. The molecular formula is C26H30Cl2N6O4. The number of anilines is 1. The number of nitrogens with zero attached hydrogens (tertiary/aromatic N) is 5. The number of hydrogen-bond acceptors (Lipinski definition) is 8. The number of likely N-dealkylation sites (N-methyl/N-ethyl adjacent to an activating group) is 1. The molecule has 0 saturated carbocycles. The number of carbonyl (C=O) groups is 1. The van der Waals surface area contributed by atoms with E-state index in [1.807, 2.05) is 14.0 Å². The number of likely N-dealkylation sites (tertiary alicyclic amines) is 1. The second-order valence-corrected chi connectivity index (χ2v) is 9.85. The van der Waals surface area contributed by atoms with Crippen molar-refractivity contribution in [1.29, 1.82) is 0 Å². The zero-order valence-electron chi connectivity index (χ0n) is 21.9. The number of rotatable bonds is 9. The fourth-order valence-electron chi connectivity index (χ4n) is 4.52. The van der Waals surface area contributed by atoms with E-state index in [2.05, 4.69) is 26.8 Å². The van der Waals surface area contributed by atoms with Crippen molar-refractivity contribution in [1.82, 2.24) is 24.3 Å². The highest BCUT2D eigenvalue weighted by Crippen LogP contribution is 2.45. The SMILES string of the molecule is C=CC(=O)N1CC(N(C)C(C)Cn2c(=O)c(-c3c(Cl)c(OC)cc(OC)c3Cl)cc3cnc(NC)nc32)C1. The Balaban J connectivity index is 1.82. The molecule has 0 aliphatic carbocycles. The minimum Gasteiger partial charge on any atom is -0.495 e. The first kappa shape index (κ1) is 27.7. The van der Waals surface area contributed by atoms with E-state index in [9.17, 15) is 9.59 Å². The van der Waals surface area contributed by atoms with Gasteiger partial charge in [-0.3, -0.25) is 19.1 Å². The van der Waals surface area contributed by atoms with Gasteiger partial charge >= 0.3 is 0 Å². The molecule has 2 aromatic heterocycles. The van der Waals surface area contributed by atoms with Crippen molar-refractivity contribution in [2.75, 3.05) is 46.7 Å². The molecule has 3 heterocycles. The normalized spacial score (nSPS) is 14.4. The third-order valence-electron chi connectivity index (χ3n) is 6.96. The Hall–Kier alpha value is -3.34. The minimum atomic E-state index is -0.324. The van der Waals surface area contributed by atoms with Gasteiger partial charge in [0.1, 0.15) is 17.1 Å². The van der Waals surface area contributed by atoms with Gasteiger partial charge in [-0.25, -0.2) is 4.98 Å². The van der Waals surface area contributed by atoms with Crippen LogP contribution in [0.2, 0.25) is 10.0 Å². The summed E-state index contributed by atoms with van der Waals surface area (Å²) in [5.74, 6) is 0.951. The molecule has 1 aromatic carbocycles. The Labute approximate surface area is 230 Å². The fourth-order valence-corrected chi connectivity index (χ4v) is 5.23. The second-order valence-electron chi connectivity index (χ2n) is 9.10. The summed E-state index contributed by atoms with van der Waals surface area (Å²) in [5, 5.41) is 3.95. The van der Waals surface area contributed by atoms with Gasteiger partial charge in [0, 0.05) is 62.0 Å². The van der Waals surface area contributed by atoms with Gasteiger partial charge in [-0.1, -0.05) is 29.8 Å². The van der Waals surface area contributed by atoms with Gasteiger partial charge in [0.25, 0.3) is 5.56 Å². The summed E-state index contributed by atoms with van der Waals surface area (Å²) in [7, 11) is 6.65. The van der Waals surface area contributed by atoms with E-state index in [-0.39, 0.29) is 39.2 Å². The summed E-state index contributed by atoms with van der Waals surface area (Å²) < 4.78 is 12.4. The molecule has 1 N–H and O–H groups in total. The molecule has 4 rings (SSSR count). The second kappa shape index (κ2) is 11.2. The van der Waals surface area contributed by atoms with E-state index in [0.717, 1.165) is 0 Å². The number of halogens is 2. The number of amides is 1. The molecule has 202 valence electrons. The third kappa shape index (κ3) is 4.91. The Kier molecular flexibility index (Phi) is 8.15. The Bertz CT molecular complexity index is 1430.